The number of Topliss-reactive ketones (excluding diaryl/α,β-unsaturated/α-hetero) is 1. The third kappa shape index (κ3) is 3.87. The van der Waals surface area contributed by atoms with Gasteiger partial charge in [0.1, 0.15) is 6.61 Å². The molecule has 0 amide bonds. The second-order valence-electron chi connectivity index (χ2n) is 8.10. The van der Waals surface area contributed by atoms with Gasteiger partial charge in [-0.05, 0) is 68.6 Å². The lowest BCUT2D eigenvalue weighted by molar-refractivity contribution is -0.386. The first-order valence-corrected chi connectivity index (χ1v) is 10.2. The fourth-order valence-corrected chi connectivity index (χ4v) is 4.56. The van der Waals surface area contributed by atoms with Crippen LogP contribution in [0.3, 0.4) is 0 Å². The third-order valence-corrected chi connectivity index (χ3v) is 6.06. The minimum atomic E-state index is -0.785. The van der Waals surface area contributed by atoms with Gasteiger partial charge in [-0.15, -0.1) is 0 Å². The summed E-state index contributed by atoms with van der Waals surface area (Å²) < 4.78 is 5.95. The molecule has 2 aliphatic heterocycles. The number of nitro benzene ring substituents is 1. The van der Waals surface area contributed by atoms with E-state index in [2.05, 4.69) is 4.90 Å². The highest BCUT2D eigenvalue weighted by atomic mass is 35.5. The lowest BCUT2D eigenvalue weighted by atomic mass is 9.73. The molecule has 0 aromatic heterocycles. The Morgan fingerprint density at radius 2 is 1.90 bits per heavy atom. The van der Waals surface area contributed by atoms with Crippen molar-refractivity contribution in [2.75, 3.05) is 26.2 Å². The first-order chi connectivity index (χ1) is 13.9. The molecule has 0 saturated carbocycles. The summed E-state index contributed by atoms with van der Waals surface area (Å²) >= 11 is 6.02. The zero-order valence-corrected chi connectivity index (χ0v) is 17.1. The molecule has 1 atom stereocenters. The van der Waals surface area contributed by atoms with Crippen molar-refractivity contribution in [3.8, 4) is 5.75 Å². The Balaban J connectivity index is 1.76. The normalized spacial score (nSPS) is 21.7. The van der Waals surface area contributed by atoms with E-state index in [1.54, 1.807) is 13.0 Å². The number of likely N-dealkylation sites (tertiary alicyclic amines) is 1. The van der Waals surface area contributed by atoms with Crippen LogP contribution in [0.4, 0.5) is 5.69 Å². The summed E-state index contributed by atoms with van der Waals surface area (Å²) in [5.74, 6) is 0.0196. The summed E-state index contributed by atoms with van der Waals surface area (Å²) in [5.41, 5.74) is 1.06. The topological polar surface area (TPSA) is 72.7 Å². The molecule has 0 spiro atoms. The van der Waals surface area contributed by atoms with Gasteiger partial charge in [0.25, 0.3) is 0 Å². The Bertz CT molecular complexity index is 954. The number of carbonyl (C=O) groups is 1. The van der Waals surface area contributed by atoms with Crippen LogP contribution in [0.15, 0.2) is 36.4 Å². The molecule has 7 heteroatoms. The van der Waals surface area contributed by atoms with Gasteiger partial charge < -0.3 is 9.64 Å². The van der Waals surface area contributed by atoms with Crippen LogP contribution in [0.5, 0.6) is 5.75 Å². The maximum absolute atomic E-state index is 13.8. The van der Waals surface area contributed by atoms with Gasteiger partial charge in [-0.2, -0.15) is 0 Å². The van der Waals surface area contributed by atoms with Crippen LogP contribution < -0.4 is 4.74 Å². The number of benzene rings is 2. The van der Waals surface area contributed by atoms with E-state index in [4.69, 9.17) is 16.3 Å². The molecule has 2 aromatic rings. The smallest absolute Gasteiger partial charge is 0.311 e. The number of ether oxygens (including phenoxy) is 1. The van der Waals surface area contributed by atoms with Crippen LogP contribution in [0.2, 0.25) is 5.02 Å². The molecule has 1 saturated heterocycles. The molecule has 0 aliphatic carbocycles. The summed E-state index contributed by atoms with van der Waals surface area (Å²) in [6.45, 7) is 4.38. The number of hydrogen-bond donors (Lipinski definition) is 0. The van der Waals surface area contributed by atoms with Crippen LogP contribution in [-0.4, -0.2) is 41.8 Å². The monoisotopic (exact) mass is 414 g/mol. The van der Waals surface area contributed by atoms with Gasteiger partial charge in [0.05, 0.1) is 15.9 Å². The molecule has 152 valence electrons. The van der Waals surface area contributed by atoms with Crippen LogP contribution >= 0.6 is 11.6 Å². The molecule has 0 unspecified atom stereocenters. The molecule has 0 bridgehead atoms. The van der Waals surface area contributed by atoms with E-state index in [0.29, 0.717) is 29.1 Å². The van der Waals surface area contributed by atoms with Crippen molar-refractivity contribution < 1.29 is 14.5 Å². The highest BCUT2D eigenvalue weighted by molar-refractivity contribution is 6.30. The van der Waals surface area contributed by atoms with Gasteiger partial charge in [-0.1, -0.05) is 23.7 Å². The second-order valence-corrected chi connectivity index (χ2v) is 8.54. The van der Waals surface area contributed by atoms with E-state index in [0.717, 1.165) is 31.5 Å². The Morgan fingerprint density at radius 1 is 1.21 bits per heavy atom. The number of hydrogen-bond acceptors (Lipinski definition) is 5. The predicted octanol–water partition coefficient (Wildman–Crippen LogP) is 4.46. The van der Waals surface area contributed by atoms with E-state index in [-0.39, 0.29) is 23.8 Å². The van der Waals surface area contributed by atoms with Crippen LogP contribution in [-0.2, 0) is 6.42 Å². The highest BCUT2D eigenvalue weighted by Gasteiger charge is 2.47. The van der Waals surface area contributed by atoms with E-state index < -0.39 is 10.3 Å². The number of nitro groups is 1. The Kier molecular flexibility index (Phi) is 5.32. The van der Waals surface area contributed by atoms with Crippen molar-refractivity contribution in [3.63, 3.8) is 0 Å². The number of ketones is 1. The average molecular weight is 415 g/mol. The highest BCUT2D eigenvalue weighted by Crippen LogP contribution is 2.43. The third-order valence-electron chi connectivity index (χ3n) is 5.81. The van der Waals surface area contributed by atoms with Gasteiger partial charge in [0.15, 0.2) is 5.78 Å². The minimum absolute atomic E-state index is 0.0765. The fourth-order valence-electron chi connectivity index (χ4n) is 4.44. The summed E-state index contributed by atoms with van der Waals surface area (Å²) in [6.07, 6.45) is 2.74. The summed E-state index contributed by atoms with van der Waals surface area (Å²) in [7, 11) is 0. The SMILES string of the molecule is Cc1cc2c(c([N+](=O)[O-])c1)OC[C@](Cc1ccc(Cl)cc1)(CN1CCCC1)C2=O. The lowest BCUT2D eigenvalue weighted by Gasteiger charge is -2.39. The molecular weight excluding hydrogens is 392 g/mol. The van der Waals surface area contributed by atoms with Crippen molar-refractivity contribution >= 4 is 23.1 Å². The molecule has 1 fully saturated rings. The van der Waals surface area contributed by atoms with Gasteiger partial charge in [0, 0.05) is 17.6 Å². The summed E-state index contributed by atoms with van der Waals surface area (Å²) in [6, 6.07) is 10.7. The molecule has 6 nitrogen and oxygen atoms in total. The Morgan fingerprint density at radius 3 is 2.55 bits per heavy atom. The van der Waals surface area contributed by atoms with Gasteiger partial charge in [0.2, 0.25) is 5.75 Å². The number of carbonyl (C=O) groups excluding carboxylic acids is 1. The number of rotatable bonds is 5. The van der Waals surface area contributed by atoms with Crippen molar-refractivity contribution in [1.29, 1.82) is 0 Å². The van der Waals surface area contributed by atoms with Crippen LogP contribution in [0, 0.1) is 22.5 Å². The van der Waals surface area contributed by atoms with Gasteiger partial charge in [-0.25, -0.2) is 0 Å². The van der Waals surface area contributed by atoms with E-state index in [1.165, 1.54) is 6.07 Å². The number of fused-ring (bicyclic) bond motifs is 1. The quantitative estimate of drug-likeness (QED) is 0.533. The zero-order valence-electron chi connectivity index (χ0n) is 16.3. The van der Waals surface area contributed by atoms with E-state index in [1.807, 2.05) is 24.3 Å². The number of halogens is 1. The van der Waals surface area contributed by atoms with E-state index in [9.17, 15) is 14.9 Å². The average Bonchev–Trinajstić information content (AvgIpc) is 3.19. The molecule has 0 radical (unpaired) electrons. The van der Waals surface area contributed by atoms with Gasteiger partial charge >= 0.3 is 5.69 Å². The van der Waals surface area contributed by atoms with Crippen LogP contribution in [0.1, 0.15) is 34.3 Å². The first-order valence-electron chi connectivity index (χ1n) is 9.81. The minimum Gasteiger partial charge on any atom is -0.485 e. The molecular formula is C22H23ClN2O4. The largest absolute Gasteiger partial charge is 0.485 e. The van der Waals surface area contributed by atoms with Crippen molar-refractivity contribution in [3.05, 3.63) is 68.2 Å². The van der Waals surface area contributed by atoms with Crippen molar-refractivity contribution in [2.24, 2.45) is 5.41 Å². The first kappa shape index (κ1) is 19.9. The standard InChI is InChI=1S/C22H23ClN2O4/c1-15-10-18-20(19(11-15)25(27)28)29-14-22(21(18)26,13-24-8-2-3-9-24)12-16-4-6-17(23)7-5-16/h4-7,10-11H,2-3,8-9,12-14H2,1H3/t22-/m0/s1. The molecule has 29 heavy (non-hydrogen) atoms. The summed E-state index contributed by atoms with van der Waals surface area (Å²) in [4.78, 5) is 27.1. The number of aryl methyl sites for hydroxylation is 1. The molecule has 2 heterocycles. The fraction of sp³-hybridized carbons (Fsp3) is 0.409. The Hall–Kier alpha value is -2.44. The van der Waals surface area contributed by atoms with Crippen molar-refractivity contribution in [1.82, 2.24) is 4.90 Å². The lowest BCUT2D eigenvalue weighted by Crippen LogP contribution is -2.50. The van der Waals surface area contributed by atoms with Crippen molar-refractivity contribution in [2.45, 2.75) is 26.2 Å². The van der Waals surface area contributed by atoms with E-state index >= 15 is 0 Å². The van der Waals surface area contributed by atoms with Gasteiger partial charge in [-0.3, -0.25) is 14.9 Å². The maximum atomic E-state index is 13.8. The molecule has 2 aliphatic rings. The maximum Gasteiger partial charge on any atom is 0.311 e. The molecule has 4 rings (SSSR count). The Labute approximate surface area is 174 Å². The van der Waals surface area contributed by atoms with Crippen LogP contribution in [0.25, 0.3) is 0 Å². The zero-order chi connectivity index (χ0) is 20.6. The molecule has 2 aromatic carbocycles. The molecule has 0 N–H and O–H groups in total. The predicted molar refractivity (Wildman–Crippen MR) is 111 cm³/mol. The summed E-state index contributed by atoms with van der Waals surface area (Å²) in [5, 5.41) is 12.1. The second kappa shape index (κ2) is 7.76. The number of nitrogens with zero attached hydrogens (tertiary/aromatic N) is 2.